The van der Waals surface area contributed by atoms with E-state index in [1.54, 1.807) is 45.9 Å². The summed E-state index contributed by atoms with van der Waals surface area (Å²) >= 11 is 0. The maximum Gasteiger partial charge on any atom is 0.408 e. The maximum absolute atomic E-state index is 14.2. The van der Waals surface area contributed by atoms with Crippen LogP contribution in [0.25, 0.3) is 0 Å². The van der Waals surface area contributed by atoms with E-state index in [4.69, 9.17) is 4.74 Å². The smallest absolute Gasteiger partial charge is 0.408 e. The standard InChI is InChI=1S/C30H51N3O5/c1-10-12-13-14-19-33(28(36)24(20(3)4)32-29(37)38-30(7,8)9)25(27(35)31-22(6)16-11-2)23-18-15-17-21(5)26(23)34/h15,17-18,20,22,24-25,34H,10-14,16,19H2,1-9H3,(H,31,35)(H,32,37). The number of phenolic OH excluding ortho intramolecular Hbond substituents is 1. The molecule has 216 valence electrons. The molecule has 0 aromatic heterocycles. The summed E-state index contributed by atoms with van der Waals surface area (Å²) in [6.45, 7) is 17.1. The molecule has 0 spiro atoms. The first-order valence-electron chi connectivity index (χ1n) is 14.1. The Bertz CT molecular complexity index is 910. The molecule has 0 aliphatic carbocycles. The molecule has 0 saturated heterocycles. The number of amides is 3. The fourth-order valence-corrected chi connectivity index (χ4v) is 4.38. The molecule has 0 aliphatic heterocycles. The number of ether oxygens (including phenoxy) is 1. The Kier molecular flexibility index (Phi) is 13.6. The van der Waals surface area contributed by atoms with E-state index in [1.807, 2.05) is 27.7 Å². The van der Waals surface area contributed by atoms with E-state index in [9.17, 15) is 19.5 Å². The SMILES string of the molecule is CCCCCCN(C(=O)C(NC(=O)OC(C)(C)C)C(C)C)C(C(=O)NC(C)CCC)c1cccc(C)c1O. The fourth-order valence-electron chi connectivity index (χ4n) is 4.38. The highest BCUT2D eigenvalue weighted by atomic mass is 16.6. The van der Waals surface area contributed by atoms with Crippen molar-refractivity contribution in [3.8, 4) is 5.75 Å². The Morgan fingerprint density at radius 2 is 1.66 bits per heavy atom. The number of rotatable bonds is 14. The molecule has 8 heteroatoms. The van der Waals surface area contributed by atoms with E-state index in [-0.39, 0.29) is 29.5 Å². The van der Waals surface area contributed by atoms with Gasteiger partial charge in [-0.3, -0.25) is 9.59 Å². The lowest BCUT2D eigenvalue weighted by Crippen LogP contribution is -2.55. The molecule has 1 aromatic carbocycles. The zero-order valence-corrected chi connectivity index (χ0v) is 25.0. The zero-order valence-electron chi connectivity index (χ0n) is 25.0. The van der Waals surface area contributed by atoms with Crippen LogP contribution in [-0.2, 0) is 14.3 Å². The molecule has 0 aliphatic rings. The first kappa shape index (κ1) is 33.3. The van der Waals surface area contributed by atoms with Crippen LogP contribution >= 0.6 is 0 Å². The third-order valence-electron chi connectivity index (χ3n) is 6.37. The molecule has 1 rings (SSSR count). The van der Waals surface area contributed by atoms with E-state index < -0.39 is 23.8 Å². The van der Waals surface area contributed by atoms with Crippen LogP contribution in [0.2, 0.25) is 0 Å². The minimum Gasteiger partial charge on any atom is -0.507 e. The number of para-hydroxylation sites is 1. The first-order valence-corrected chi connectivity index (χ1v) is 14.1. The molecular weight excluding hydrogens is 482 g/mol. The number of aromatic hydroxyl groups is 1. The number of aryl methyl sites for hydroxylation is 1. The molecule has 1 aromatic rings. The number of nitrogens with one attached hydrogen (secondary N) is 2. The van der Waals surface area contributed by atoms with Crippen LogP contribution < -0.4 is 10.6 Å². The van der Waals surface area contributed by atoms with Crippen LogP contribution in [0.15, 0.2) is 18.2 Å². The minimum absolute atomic E-state index is 0.0108. The van der Waals surface area contributed by atoms with Gasteiger partial charge in [0.25, 0.3) is 0 Å². The summed E-state index contributed by atoms with van der Waals surface area (Å²) in [6.07, 6.45) is 4.62. The lowest BCUT2D eigenvalue weighted by Gasteiger charge is -2.36. The summed E-state index contributed by atoms with van der Waals surface area (Å²) in [5.41, 5.74) is 0.266. The van der Waals surface area contributed by atoms with Gasteiger partial charge in [-0.05, 0) is 58.9 Å². The molecule has 8 nitrogen and oxygen atoms in total. The maximum atomic E-state index is 14.2. The highest BCUT2D eigenvalue weighted by Gasteiger charge is 2.38. The molecule has 0 heterocycles. The van der Waals surface area contributed by atoms with E-state index in [0.29, 0.717) is 24.1 Å². The number of carbonyl (C=O) groups excluding carboxylic acids is 3. The first-order chi connectivity index (χ1) is 17.7. The fraction of sp³-hybridized carbons (Fsp3) is 0.700. The Balaban J connectivity index is 3.56. The van der Waals surface area contributed by atoms with Gasteiger partial charge in [-0.2, -0.15) is 0 Å². The largest absolute Gasteiger partial charge is 0.507 e. The molecule has 0 bridgehead atoms. The van der Waals surface area contributed by atoms with Gasteiger partial charge in [-0.15, -0.1) is 0 Å². The molecule has 0 saturated carbocycles. The summed E-state index contributed by atoms with van der Waals surface area (Å²) in [6, 6.07) is 3.17. The molecule has 38 heavy (non-hydrogen) atoms. The molecule has 0 fully saturated rings. The monoisotopic (exact) mass is 533 g/mol. The number of hydrogen-bond acceptors (Lipinski definition) is 5. The highest BCUT2D eigenvalue weighted by molar-refractivity contribution is 5.92. The van der Waals surface area contributed by atoms with E-state index in [1.165, 1.54) is 4.90 Å². The van der Waals surface area contributed by atoms with Crippen molar-refractivity contribution in [2.45, 2.75) is 125 Å². The second kappa shape index (κ2) is 15.6. The van der Waals surface area contributed by atoms with Crippen molar-refractivity contribution in [3.05, 3.63) is 29.3 Å². The van der Waals surface area contributed by atoms with Crippen molar-refractivity contribution < 1.29 is 24.2 Å². The van der Waals surface area contributed by atoms with Crippen molar-refractivity contribution in [2.75, 3.05) is 6.54 Å². The predicted octanol–water partition coefficient (Wildman–Crippen LogP) is 6.00. The van der Waals surface area contributed by atoms with Gasteiger partial charge < -0.3 is 25.4 Å². The number of nitrogens with zero attached hydrogens (tertiary/aromatic N) is 1. The molecule has 3 atom stereocenters. The minimum atomic E-state index is -1.05. The molecule has 3 N–H and O–H groups in total. The number of unbranched alkanes of at least 4 members (excludes halogenated alkanes) is 3. The number of alkyl carbamates (subject to hydrolysis) is 1. The number of benzene rings is 1. The third-order valence-corrected chi connectivity index (χ3v) is 6.37. The predicted molar refractivity (Wildman–Crippen MR) is 152 cm³/mol. The quantitative estimate of drug-likeness (QED) is 0.254. The van der Waals surface area contributed by atoms with Gasteiger partial charge in [0.05, 0.1) is 0 Å². The number of phenols is 1. The van der Waals surface area contributed by atoms with Crippen molar-refractivity contribution in [2.24, 2.45) is 5.92 Å². The van der Waals surface area contributed by atoms with Crippen LogP contribution in [0.1, 0.15) is 111 Å². The molecule has 3 amide bonds. The van der Waals surface area contributed by atoms with Crippen LogP contribution in [0, 0.1) is 12.8 Å². The molecule has 3 unspecified atom stereocenters. The van der Waals surface area contributed by atoms with Gasteiger partial charge in [-0.1, -0.05) is 71.6 Å². The number of carbonyl (C=O) groups is 3. The van der Waals surface area contributed by atoms with Crippen molar-refractivity contribution >= 4 is 17.9 Å². The Labute approximate surface area is 229 Å². The summed E-state index contributed by atoms with van der Waals surface area (Å²) in [5.74, 6) is -1.01. The third kappa shape index (κ3) is 10.5. The number of hydrogen-bond donors (Lipinski definition) is 3. The highest BCUT2D eigenvalue weighted by Crippen LogP contribution is 2.33. The van der Waals surface area contributed by atoms with Crippen molar-refractivity contribution in [1.29, 1.82) is 0 Å². The van der Waals surface area contributed by atoms with Gasteiger partial charge >= 0.3 is 6.09 Å². The Morgan fingerprint density at radius 3 is 2.21 bits per heavy atom. The van der Waals surface area contributed by atoms with Crippen molar-refractivity contribution in [1.82, 2.24) is 15.5 Å². The second-order valence-electron chi connectivity index (χ2n) is 11.6. The average molecular weight is 534 g/mol. The van der Waals surface area contributed by atoms with E-state index in [0.717, 1.165) is 32.1 Å². The van der Waals surface area contributed by atoms with E-state index in [2.05, 4.69) is 17.6 Å². The van der Waals surface area contributed by atoms with E-state index >= 15 is 0 Å². The van der Waals surface area contributed by atoms with Crippen molar-refractivity contribution in [3.63, 3.8) is 0 Å². The summed E-state index contributed by atoms with van der Waals surface area (Å²) in [7, 11) is 0. The van der Waals surface area contributed by atoms with Crippen LogP contribution in [0.4, 0.5) is 4.79 Å². The second-order valence-corrected chi connectivity index (χ2v) is 11.6. The average Bonchev–Trinajstić information content (AvgIpc) is 2.80. The molecule has 0 radical (unpaired) electrons. The Morgan fingerprint density at radius 1 is 1.00 bits per heavy atom. The summed E-state index contributed by atoms with van der Waals surface area (Å²) < 4.78 is 5.43. The van der Waals surface area contributed by atoms with Crippen LogP contribution in [0.5, 0.6) is 5.75 Å². The Hall–Kier alpha value is -2.77. The van der Waals surface area contributed by atoms with Gasteiger partial charge in [0, 0.05) is 18.2 Å². The summed E-state index contributed by atoms with van der Waals surface area (Å²) in [5, 5.41) is 16.8. The van der Waals surface area contributed by atoms with Gasteiger partial charge in [-0.25, -0.2) is 4.79 Å². The summed E-state index contributed by atoms with van der Waals surface area (Å²) in [4.78, 5) is 42.2. The van der Waals surface area contributed by atoms with Gasteiger partial charge in [0.1, 0.15) is 23.4 Å². The zero-order chi connectivity index (χ0) is 29.0. The molecular formula is C30H51N3O5. The van der Waals surface area contributed by atoms with Crippen LogP contribution in [0.3, 0.4) is 0 Å². The normalized spacial score (nSPS) is 13.9. The lowest BCUT2D eigenvalue weighted by atomic mass is 9.96. The topological polar surface area (TPSA) is 108 Å². The lowest BCUT2D eigenvalue weighted by molar-refractivity contribution is -0.143. The van der Waals surface area contributed by atoms with Crippen LogP contribution in [-0.4, -0.2) is 52.1 Å². The van der Waals surface area contributed by atoms with Gasteiger partial charge in [0.2, 0.25) is 11.8 Å². The van der Waals surface area contributed by atoms with Gasteiger partial charge in [0.15, 0.2) is 0 Å².